The van der Waals surface area contributed by atoms with Gasteiger partial charge < -0.3 is 25.2 Å². The molecule has 0 saturated carbocycles. The van der Waals surface area contributed by atoms with E-state index >= 15 is 0 Å². The summed E-state index contributed by atoms with van der Waals surface area (Å²) in [5.74, 6) is 2.07. The van der Waals surface area contributed by atoms with Gasteiger partial charge in [-0.1, -0.05) is 26.0 Å². The van der Waals surface area contributed by atoms with Crippen molar-refractivity contribution in [2.45, 2.75) is 59.1 Å². The second kappa shape index (κ2) is 13.3. The SMILES string of the molecule is CCNC(=NCc1ccc(C)cc1OCC1CCOC1)NCC(O)(CC)CC.I. The van der Waals surface area contributed by atoms with Gasteiger partial charge in [-0.3, -0.25) is 0 Å². The first-order valence-corrected chi connectivity index (χ1v) is 10.5. The van der Waals surface area contributed by atoms with Crippen LogP contribution in [0.2, 0.25) is 0 Å². The molecule has 1 aromatic rings. The number of hydrogen-bond acceptors (Lipinski definition) is 4. The van der Waals surface area contributed by atoms with Crippen molar-refractivity contribution >= 4 is 29.9 Å². The van der Waals surface area contributed by atoms with E-state index in [-0.39, 0.29) is 24.0 Å². The van der Waals surface area contributed by atoms with E-state index in [4.69, 9.17) is 14.5 Å². The molecule has 1 atom stereocenters. The molecule has 1 aliphatic rings. The molecule has 166 valence electrons. The van der Waals surface area contributed by atoms with Crippen molar-refractivity contribution in [1.82, 2.24) is 10.6 Å². The number of benzene rings is 1. The fourth-order valence-electron chi connectivity index (χ4n) is 3.10. The first kappa shape index (κ1) is 26.0. The Bertz CT molecular complexity index is 630. The molecule has 1 saturated heterocycles. The van der Waals surface area contributed by atoms with E-state index in [0.717, 1.165) is 37.5 Å². The number of hydrogen-bond donors (Lipinski definition) is 3. The molecule has 0 spiro atoms. The maximum absolute atomic E-state index is 10.5. The Morgan fingerprint density at radius 1 is 1.28 bits per heavy atom. The van der Waals surface area contributed by atoms with Gasteiger partial charge in [0.05, 0.1) is 25.4 Å². The molecule has 0 aromatic heterocycles. The molecule has 0 aliphatic carbocycles. The summed E-state index contributed by atoms with van der Waals surface area (Å²) in [7, 11) is 0. The summed E-state index contributed by atoms with van der Waals surface area (Å²) in [6.07, 6.45) is 2.47. The van der Waals surface area contributed by atoms with E-state index in [9.17, 15) is 5.11 Å². The second-order valence-corrected chi connectivity index (χ2v) is 7.63. The Hall–Kier alpha value is -1.06. The van der Waals surface area contributed by atoms with Crippen molar-refractivity contribution < 1.29 is 14.6 Å². The lowest BCUT2D eigenvalue weighted by Gasteiger charge is -2.26. The van der Waals surface area contributed by atoms with Crippen molar-refractivity contribution in [1.29, 1.82) is 0 Å². The molecule has 0 radical (unpaired) electrons. The summed E-state index contributed by atoms with van der Waals surface area (Å²) in [6, 6.07) is 6.24. The molecule has 2 rings (SSSR count). The number of nitrogens with zero attached hydrogens (tertiary/aromatic N) is 1. The number of guanidine groups is 1. The van der Waals surface area contributed by atoms with Crippen molar-refractivity contribution in [3.8, 4) is 5.75 Å². The summed E-state index contributed by atoms with van der Waals surface area (Å²) in [5.41, 5.74) is 1.52. The van der Waals surface area contributed by atoms with Crippen LogP contribution in [-0.2, 0) is 11.3 Å². The second-order valence-electron chi connectivity index (χ2n) is 7.63. The smallest absolute Gasteiger partial charge is 0.191 e. The average Bonchev–Trinajstić information content (AvgIpc) is 3.23. The summed E-state index contributed by atoms with van der Waals surface area (Å²) < 4.78 is 11.6. The Morgan fingerprint density at radius 3 is 2.66 bits per heavy atom. The summed E-state index contributed by atoms with van der Waals surface area (Å²) in [4.78, 5) is 4.70. The minimum absolute atomic E-state index is 0. The van der Waals surface area contributed by atoms with Crippen LogP contribution < -0.4 is 15.4 Å². The number of ether oxygens (including phenoxy) is 2. The highest BCUT2D eigenvalue weighted by atomic mass is 127. The third kappa shape index (κ3) is 8.68. The number of rotatable bonds is 10. The predicted molar refractivity (Wildman–Crippen MR) is 129 cm³/mol. The average molecular weight is 519 g/mol. The highest BCUT2D eigenvalue weighted by molar-refractivity contribution is 14.0. The summed E-state index contributed by atoms with van der Waals surface area (Å²) in [5, 5.41) is 17.0. The van der Waals surface area contributed by atoms with Crippen LogP contribution in [0.15, 0.2) is 23.2 Å². The molecule has 7 heteroatoms. The molecular weight excluding hydrogens is 481 g/mol. The van der Waals surface area contributed by atoms with Gasteiger partial charge in [0.15, 0.2) is 5.96 Å². The van der Waals surface area contributed by atoms with Crippen LogP contribution in [0.3, 0.4) is 0 Å². The molecule has 3 N–H and O–H groups in total. The largest absolute Gasteiger partial charge is 0.493 e. The number of halogens is 1. The first-order valence-electron chi connectivity index (χ1n) is 10.5. The third-order valence-electron chi connectivity index (χ3n) is 5.37. The van der Waals surface area contributed by atoms with Gasteiger partial charge in [-0.2, -0.15) is 0 Å². The zero-order chi connectivity index (χ0) is 20.4. The van der Waals surface area contributed by atoms with Gasteiger partial charge >= 0.3 is 0 Å². The topological polar surface area (TPSA) is 75.1 Å². The number of aliphatic imine (C=N–C) groups is 1. The van der Waals surface area contributed by atoms with Crippen LogP contribution >= 0.6 is 24.0 Å². The number of aryl methyl sites for hydroxylation is 1. The van der Waals surface area contributed by atoms with Gasteiger partial charge in [-0.05, 0) is 44.7 Å². The van der Waals surface area contributed by atoms with Gasteiger partial charge in [0.1, 0.15) is 5.75 Å². The molecule has 1 aliphatic heterocycles. The van der Waals surface area contributed by atoms with E-state index in [0.29, 0.717) is 44.4 Å². The van der Waals surface area contributed by atoms with Gasteiger partial charge in [-0.25, -0.2) is 4.99 Å². The van der Waals surface area contributed by atoms with E-state index in [1.165, 1.54) is 5.56 Å². The standard InChI is InChI=1S/C22H37N3O3.HI/c1-5-22(26,6-2)16-25-21(23-7-3)24-13-19-9-8-17(4)12-20(19)28-15-18-10-11-27-14-18;/h8-9,12,18,26H,5-7,10-11,13-16H2,1-4H3,(H2,23,24,25);1H. The van der Waals surface area contributed by atoms with Crippen LogP contribution in [0.5, 0.6) is 5.75 Å². The fourth-order valence-corrected chi connectivity index (χ4v) is 3.10. The first-order chi connectivity index (χ1) is 13.5. The highest BCUT2D eigenvalue weighted by Gasteiger charge is 2.22. The van der Waals surface area contributed by atoms with Crippen molar-refractivity contribution in [2.75, 3.05) is 32.9 Å². The fraction of sp³-hybridized carbons (Fsp3) is 0.682. The van der Waals surface area contributed by atoms with Crippen LogP contribution in [0.25, 0.3) is 0 Å². The van der Waals surface area contributed by atoms with E-state index < -0.39 is 5.60 Å². The maximum atomic E-state index is 10.5. The van der Waals surface area contributed by atoms with E-state index in [2.05, 4.69) is 35.8 Å². The third-order valence-corrected chi connectivity index (χ3v) is 5.37. The van der Waals surface area contributed by atoms with Gasteiger partial charge in [0, 0.05) is 31.2 Å². The van der Waals surface area contributed by atoms with Gasteiger partial charge in [-0.15, -0.1) is 24.0 Å². The monoisotopic (exact) mass is 519 g/mol. The molecule has 0 amide bonds. The number of aliphatic hydroxyl groups is 1. The van der Waals surface area contributed by atoms with Crippen molar-refractivity contribution in [3.05, 3.63) is 29.3 Å². The predicted octanol–water partition coefficient (Wildman–Crippen LogP) is 3.63. The number of nitrogens with one attached hydrogen (secondary N) is 2. The van der Waals surface area contributed by atoms with Crippen molar-refractivity contribution in [2.24, 2.45) is 10.9 Å². The molecule has 29 heavy (non-hydrogen) atoms. The lowest BCUT2D eigenvalue weighted by molar-refractivity contribution is 0.0367. The lowest BCUT2D eigenvalue weighted by Crippen LogP contribution is -2.46. The summed E-state index contributed by atoms with van der Waals surface area (Å²) in [6.45, 7) is 12.2. The Kier molecular flexibility index (Phi) is 11.9. The van der Waals surface area contributed by atoms with E-state index in [1.807, 2.05) is 20.8 Å². The minimum Gasteiger partial charge on any atom is -0.493 e. The molecule has 6 nitrogen and oxygen atoms in total. The lowest BCUT2D eigenvalue weighted by atomic mass is 9.98. The summed E-state index contributed by atoms with van der Waals surface area (Å²) >= 11 is 0. The maximum Gasteiger partial charge on any atom is 0.191 e. The molecule has 1 aromatic carbocycles. The zero-order valence-corrected chi connectivity index (χ0v) is 20.6. The normalized spacial score (nSPS) is 17.0. The van der Waals surface area contributed by atoms with Crippen LogP contribution in [0, 0.1) is 12.8 Å². The van der Waals surface area contributed by atoms with Gasteiger partial charge in [0.2, 0.25) is 0 Å². The van der Waals surface area contributed by atoms with Gasteiger partial charge in [0.25, 0.3) is 0 Å². The van der Waals surface area contributed by atoms with Crippen LogP contribution in [-0.4, -0.2) is 49.6 Å². The minimum atomic E-state index is -0.711. The molecule has 0 bridgehead atoms. The quantitative estimate of drug-likeness (QED) is 0.250. The molecular formula is C22H38IN3O3. The Balaban J connectivity index is 0.00000420. The Morgan fingerprint density at radius 2 is 2.03 bits per heavy atom. The highest BCUT2D eigenvalue weighted by Crippen LogP contribution is 2.23. The zero-order valence-electron chi connectivity index (χ0n) is 18.3. The Labute approximate surface area is 192 Å². The van der Waals surface area contributed by atoms with Crippen LogP contribution in [0.1, 0.15) is 51.2 Å². The molecule has 1 fully saturated rings. The molecule has 1 heterocycles. The van der Waals surface area contributed by atoms with Crippen molar-refractivity contribution in [3.63, 3.8) is 0 Å². The van der Waals surface area contributed by atoms with Crippen LogP contribution in [0.4, 0.5) is 0 Å². The molecule has 1 unspecified atom stereocenters. The van der Waals surface area contributed by atoms with E-state index in [1.54, 1.807) is 0 Å².